The Morgan fingerprint density at radius 2 is 1.05 bits per heavy atom. The maximum absolute atomic E-state index is 3.42. The van der Waals surface area contributed by atoms with Crippen molar-refractivity contribution in [2.45, 2.75) is 58.8 Å². The topological polar surface area (TPSA) is 24.1 Å². The molecule has 2 saturated heterocycles. The fraction of sp³-hybridized carbons (Fsp3) is 0.789. The van der Waals surface area contributed by atoms with Crippen LogP contribution in [-0.2, 0) is 0 Å². The number of nitrogens with one attached hydrogen (secondary N) is 2. The highest BCUT2D eigenvalue weighted by atomic mass is 14.9. The van der Waals surface area contributed by atoms with Crippen molar-refractivity contribution in [2.24, 2.45) is 10.8 Å². The third-order valence-corrected chi connectivity index (χ3v) is 5.53. The fourth-order valence-corrected chi connectivity index (χ4v) is 4.01. The molecular formula is C19H34N2. The molecule has 0 saturated carbocycles. The Morgan fingerprint density at radius 1 is 0.619 bits per heavy atom. The molecule has 2 N–H and O–H groups in total. The van der Waals surface area contributed by atoms with Gasteiger partial charge in [-0.25, -0.2) is 0 Å². The lowest BCUT2D eigenvalue weighted by Gasteiger charge is -2.33. The van der Waals surface area contributed by atoms with E-state index in [0.29, 0.717) is 10.8 Å². The van der Waals surface area contributed by atoms with Crippen LogP contribution in [-0.4, -0.2) is 26.2 Å². The summed E-state index contributed by atoms with van der Waals surface area (Å²) in [5.41, 5.74) is 1.37. The number of hydrogen-bond acceptors (Lipinski definition) is 2. The van der Waals surface area contributed by atoms with Crippen LogP contribution in [0.1, 0.15) is 58.8 Å². The van der Waals surface area contributed by atoms with E-state index in [9.17, 15) is 0 Å². The highest BCUT2D eigenvalue weighted by Crippen LogP contribution is 2.40. The van der Waals surface area contributed by atoms with Crippen LogP contribution in [0.5, 0.6) is 0 Å². The first-order chi connectivity index (χ1) is 10.3. The van der Waals surface area contributed by atoms with E-state index in [1.807, 2.05) is 13.8 Å². The van der Waals surface area contributed by atoms with E-state index in [0.717, 1.165) is 0 Å². The number of piperidine rings is 1. The molecular weight excluding hydrogens is 256 g/mol. The van der Waals surface area contributed by atoms with Crippen molar-refractivity contribution in [3.63, 3.8) is 0 Å². The highest BCUT2D eigenvalue weighted by molar-refractivity contribution is 5.06. The standard InChI is InChI=1S/C9H15N.C8H13N.C2H6/c1-2-4-9(3-1)5-7-10-8-6-9;1-2-4-8(3-1)5-6-9-7-8;1-2/h1-2,10H,3-8H2;1-2,9H,3-7H2;1-2H3. The number of hydrogen-bond donors (Lipinski definition) is 2. The molecule has 2 aliphatic carbocycles. The van der Waals surface area contributed by atoms with E-state index < -0.39 is 0 Å². The van der Waals surface area contributed by atoms with E-state index in [-0.39, 0.29) is 0 Å². The third kappa shape index (κ3) is 4.43. The summed E-state index contributed by atoms with van der Waals surface area (Å²) < 4.78 is 0. The van der Waals surface area contributed by atoms with Gasteiger partial charge in [0.25, 0.3) is 0 Å². The van der Waals surface area contributed by atoms with E-state index in [1.54, 1.807) is 0 Å². The first kappa shape index (κ1) is 16.8. The quantitative estimate of drug-likeness (QED) is 0.658. The molecule has 0 bridgehead atoms. The molecule has 0 aromatic rings. The lowest BCUT2D eigenvalue weighted by Crippen LogP contribution is -2.34. The molecule has 0 atom stereocenters. The van der Waals surface area contributed by atoms with Crippen LogP contribution in [0.25, 0.3) is 0 Å². The van der Waals surface area contributed by atoms with Gasteiger partial charge in [-0.15, -0.1) is 0 Å². The maximum Gasteiger partial charge on any atom is 0.00142 e. The zero-order chi connectivity index (χ0) is 15.0. The van der Waals surface area contributed by atoms with Crippen LogP contribution in [0.15, 0.2) is 24.3 Å². The lowest BCUT2D eigenvalue weighted by atomic mass is 9.77. The minimum absolute atomic E-state index is 0.667. The molecule has 0 radical (unpaired) electrons. The number of rotatable bonds is 0. The molecule has 2 aliphatic heterocycles. The summed E-state index contributed by atoms with van der Waals surface area (Å²) in [4.78, 5) is 0. The summed E-state index contributed by atoms with van der Waals surface area (Å²) in [6.07, 6.45) is 18.8. The minimum Gasteiger partial charge on any atom is -0.317 e. The Morgan fingerprint density at radius 3 is 1.52 bits per heavy atom. The van der Waals surface area contributed by atoms with Crippen LogP contribution < -0.4 is 10.6 Å². The van der Waals surface area contributed by atoms with Crippen molar-refractivity contribution in [2.75, 3.05) is 26.2 Å². The third-order valence-electron chi connectivity index (χ3n) is 5.53. The smallest absolute Gasteiger partial charge is 0.00142 e. The first-order valence-corrected chi connectivity index (χ1v) is 9.04. The van der Waals surface area contributed by atoms with E-state index >= 15 is 0 Å². The highest BCUT2D eigenvalue weighted by Gasteiger charge is 2.33. The molecule has 4 rings (SSSR count). The molecule has 0 amide bonds. The van der Waals surface area contributed by atoms with Crippen LogP contribution in [0.4, 0.5) is 0 Å². The zero-order valence-corrected chi connectivity index (χ0v) is 14.1. The molecule has 120 valence electrons. The summed E-state index contributed by atoms with van der Waals surface area (Å²) >= 11 is 0. The zero-order valence-electron chi connectivity index (χ0n) is 14.1. The molecule has 2 heterocycles. The Kier molecular flexibility index (Phi) is 6.50. The Balaban J connectivity index is 0.000000138. The van der Waals surface area contributed by atoms with Gasteiger partial charge in [-0.3, -0.25) is 0 Å². The Bertz CT molecular complexity index is 325. The van der Waals surface area contributed by atoms with Gasteiger partial charge in [-0.1, -0.05) is 38.2 Å². The average molecular weight is 290 g/mol. The second-order valence-electron chi connectivity index (χ2n) is 6.94. The van der Waals surface area contributed by atoms with Crippen molar-refractivity contribution in [3.05, 3.63) is 24.3 Å². The average Bonchev–Trinajstić information content (AvgIpc) is 3.29. The minimum atomic E-state index is 0.667. The molecule has 4 aliphatic rings. The van der Waals surface area contributed by atoms with Crippen LogP contribution >= 0.6 is 0 Å². The van der Waals surface area contributed by atoms with Gasteiger partial charge in [0.15, 0.2) is 0 Å². The molecule has 0 unspecified atom stereocenters. The predicted molar refractivity (Wildman–Crippen MR) is 92.6 cm³/mol. The van der Waals surface area contributed by atoms with Crippen LogP contribution in [0.2, 0.25) is 0 Å². The van der Waals surface area contributed by atoms with Crippen molar-refractivity contribution in [1.29, 1.82) is 0 Å². The van der Waals surface area contributed by atoms with Gasteiger partial charge in [-0.05, 0) is 75.4 Å². The van der Waals surface area contributed by atoms with Crippen molar-refractivity contribution < 1.29 is 0 Å². The molecule has 21 heavy (non-hydrogen) atoms. The largest absolute Gasteiger partial charge is 0.317 e. The monoisotopic (exact) mass is 290 g/mol. The van der Waals surface area contributed by atoms with E-state index in [1.165, 1.54) is 71.1 Å². The summed E-state index contributed by atoms with van der Waals surface area (Å²) in [6.45, 7) is 8.96. The van der Waals surface area contributed by atoms with Gasteiger partial charge in [0, 0.05) is 6.54 Å². The second-order valence-corrected chi connectivity index (χ2v) is 6.94. The Labute approximate surface area is 131 Å². The summed E-state index contributed by atoms with van der Waals surface area (Å²) in [5.74, 6) is 0. The molecule has 2 nitrogen and oxygen atoms in total. The predicted octanol–water partition coefficient (Wildman–Crippen LogP) is 4.05. The fourth-order valence-electron chi connectivity index (χ4n) is 4.01. The van der Waals surface area contributed by atoms with Crippen molar-refractivity contribution in [1.82, 2.24) is 10.6 Å². The molecule has 2 heteroatoms. The normalized spacial score (nSPS) is 27.3. The van der Waals surface area contributed by atoms with Gasteiger partial charge in [-0.2, -0.15) is 0 Å². The van der Waals surface area contributed by atoms with Crippen LogP contribution in [0.3, 0.4) is 0 Å². The van der Waals surface area contributed by atoms with Gasteiger partial charge in [0.2, 0.25) is 0 Å². The summed E-state index contributed by atoms with van der Waals surface area (Å²) in [7, 11) is 0. The number of allylic oxidation sites excluding steroid dienone is 4. The van der Waals surface area contributed by atoms with Crippen molar-refractivity contribution in [3.8, 4) is 0 Å². The van der Waals surface area contributed by atoms with Gasteiger partial charge < -0.3 is 10.6 Å². The SMILES string of the molecule is C1=CCC2(C1)CCNC2.C1=CCC2(C1)CCNCC2.CC. The van der Waals surface area contributed by atoms with Crippen LogP contribution in [0, 0.1) is 10.8 Å². The van der Waals surface area contributed by atoms with Gasteiger partial charge in [0.1, 0.15) is 0 Å². The molecule has 2 fully saturated rings. The first-order valence-electron chi connectivity index (χ1n) is 9.04. The second kappa shape index (κ2) is 8.14. The lowest BCUT2D eigenvalue weighted by molar-refractivity contribution is 0.220. The van der Waals surface area contributed by atoms with Gasteiger partial charge in [0.05, 0.1) is 0 Å². The molecule has 0 aromatic heterocycles. The molecule has 0 aromatic carbocycles. The summed E-state index contributed by atoms with van der Waals surface area (Å²) in [5, 5.41) is 6.82. The Hall–Kier alpha value is -0.600. The van der Waals surface area contributed by atoms with E-state index in [4.69, 9.17) is 0 Å². The van der Waals surface area contributed by atoms with E-state index in [2.05, 4.69) is 34.9 Å². The summed E-state index contributed by atoms with van der Waals surface area (Å²) in [6, 6.07) is 0. The van der Waals surface area contributed by atoms with Gasteiger partial charge >= 0.3 is 0 Å². The van der Waals surface area contributed by atoms with Crippen molar-refractivity contribution >= 4 is 0 Å². The molecule has 2 spiro atoms. The maximum atomic E-state index is 3.42.